The van der Waals surface area contributed by atoms with Crippen LogP contribution in [0.15, 0.2) is 4.99 Å². The molecule has 5 nitrogen and oxygen atoms in total. The lowest BCUT2D eigenvalue weighted by Crippen LogP contribution is -3.08. The van der Waals surface area contributed by atoms with Crippen LogP contribution >= 0.6 is 0 Å². The number of hydrogen-bond acceptors (Lipinski definition) is 2. The van der Waals surface area contributed by atoms with Crippen LogP contribution in [0, 0.1) is 46.8 Å². The van der Waals surface area contributed by atoms with E-state index in [1.807, 2.05) is 0 Å². The van der Waals surface area contributed by atoms with Gasteiger partial charge in [-0.1, -0.05) is 0 Å². The van der Waals surface area contributed by atoms with E-state index in [0.717, 1.165) is 41.4 Å². The van der Waals surface area contributed by atoms with Crippen molar-refractivity contribution < 1.29 is 0 Å². The van der Waals surface area contributed by atoms with Crippen LogP contribution in [-0.4, -0.2) is 17.5 Å². The van der Waals surface area contributed by atoms with Gasteiger partial charge in [0.1, 0.15) is 0 Å². The number of guanidine groups is 2. The Kier molecular flexibility index (Phi) is 0.729. The molecule has 78 valence electrons. The van der Waals surface area contributed by atoms with Gasteiger partial charge < -0.3 is 11.5 Å². The molecule has 0 amide bonds. The fraction of sp³-hybridized carbons (Fsp3) is 0.800. The summed E-state index contributed by atoms with van der Waals surface area (Å²) in [5, 5.41) is 9.69. The van der Waals surface area contributed by atoms with Crippen LogP contribution in [-0.2, 0) is 0 Å². The van der Waals surface area contributed by atoms with E-state index in [2.05, 4.69) is 10.3 Å². The van der Waals surface area contributed by atoms with E-state index < -0.39 is 0 Å². The quantitative estimate of drug-likeness (QED) is 0.321. The molecule has 0 atom stereocenters. The lowest BCUT2D eigenvalue weighted by atomic mass is 8.99. The smallest absolute Gasteiger partial charge is 0.196 e. The molecule has 15 heavy (non-hydrogen) atoms. The Morgan fingerprint density at radius 3 is 2.07 bits per heavy atom. The molecule has 0 aromatic rings. The van der Waals surface area contributed by atoms with Crippen molar-refractivity contribution in [2.24, 2.45) is 57.9 Å². The summed E-state index contributed by atoms with van der Waals surface area (Å²) >= 11 is 0. The molecule has 0 aromatic carbocycles. The Balaban J connectivity index is 1.47. The monoisotopic (exact) mass is 203 g/mol. The van der Waals surface area contributed by atoms with Gasteiger partial charge in [-0.25, -0.2) is 4.99 Å². The van der Waals surface area contributed by atoms with Crippen LogP contribution in [0.4, 0.5) is 0 Å². The van der Waals surface area contributed by atoms with Crippen LogP contribution in [0.1, 0.15) is 0 Å². The molecule has 0 heterocycles. The molecule has 6 fully saturated rings. The SMILES string of the molecule is N=C(N)NC(N)=NC12C3C4C5C3C1C5C42. The van der Waals surface area contributed by atoms with E-state index in [1.54, 1.807) is 0 Å². The van der Waals surface area contributed by atoms with E-state index in [0.29, 0.717) is 5.96 Å². The molecular formula is C10H13N5. The first kappa shape index (κ1) is 7.09. The molecule has 0 aliphatic heterocycles. The van der Waals surface area contributed by atoms with Gasteiger partial charge in [0.05, 0.1) is 5.54 Å². The van der Waals surface area contributed by atoms with Gasteiger partial charge in [0, 0.05) is 0 Å². The normalized spacial score (nSPS) is 68.8. The molecule has 6 aliphatic rings. The molecule has 0 spiro atoms. The lowest BCUT2D eigenvalue weighted by molar-refractivity contribution is -0.571. The Hall–Kier alpha value is -1.26. The maximum Gasteiger partial charge on any atom is 0.196 e. The Bertz CT molecular complexity index is 402. The second kappa shape index (κ2) is 1.54. The molecule has 0 bridgehead atoms. The van der Waals surface area contributed by atoms with Crippen molar-refractivity contribution in [2.45, 2.75) is 5.54 Å². The number of nitrogens with zero attached hydrogens (tertiary/aromatic N) is 1. The van der Waals surface area contributed by atoms with E-state index in [4.69, 9.17) is 16.9 Å². The van der Waals surface area contributed by atoms with Gasteiger partial charge in [-0.2, -0.15) is 0 Å². The molecule has 6 aliphatic carbocycles. The van der Waals surface area contributed by atoms with Crippen LogP contribution in [0.2, 0.25) is 0 Å². The van der Waals surface area contributed by atoms with Crippen LogP contribution in [0.3, 0.4) is 0 Å². The minimum absolute atomic E-state index is 0.117. The van der Waals surface area contributed by atoms with Crippen LogP contribution in [0.25, 0.3) is 0 Å². The van der Waals surface area contributed by atoms with Crippen LogP contribution < -0.4 is 16.8 Å². The largest absolute Gasteiger partial charge is 0.370 e. The Labute approximate surface area is 86.8 Å². The predicted molar refractivity (Wildman–Crippen MR) is 53.8 cm³/mol. The first-order chi connectivity index (χ1) is 7.18. The summed E-state index contributed by atoms with van der Waals surface area (Å²) in [5.41, 5.74) is 11.2. The molecule has 0 unspecified atom stereocenters. The summed E-state index contributed by atoms with van der Waals surface area (Å²) in [6, 6.07) is 0. The highest BCUT2D eigenvalue weighted by molar-refractivity contribution is 5.96. The zero-order chi connectivity index (χ0) is 10.1. The third kappa shape index (κ3) is 0.386. The number of nitrogens with one attached hydrogen (secondary N) is 2. The second-order valence-corrected chi connectivity index (χ2v) is 5.81. The zero-order valence-electron chi connectivity index (χ0n) is 8.14. The summed E-state index contributed by atoms with van der Waals surface area (Å²) in [7, 11) is 0. The zero-order valence-corrected chi connectivity index (χ0v) is 8.14. The Morgan fingerprint density at radius 2 is 1.60 bits per heavy atom. The van der Waals surface area contributed by atoms with Gasteiger partial charge in [-0.3, -0.25) is 10.7 Å². The molecule has 5 heteroatoms. The summed E-state index contributed by atoms with van der Waals surface area (Å²) in [4.78, 5) is 4.61. The molecule has 0 aromatic heterocycles. The lowest BCUT2D eigenvalue weighted by Gasteiger charge is -3.06. The number of hydrogen-bond donors (Lipinski definition) is 4. The maximum atomic E-state index is 7.10. The minimum Gasteiger partial charge on any atom is -0.370 e. The van der Waals surface area contributed by atoms with Gasteiger partial charge in [0.25, 0.3) is 0 Å². The molecule has 6 rings (SSSR count). The van der Waals surface area contributed by atoms with Gasteiger partial charge >= 0.3 is 0 Å². The molecule has 0 radical (unpaired) electrons. The number of rotatable bonds is 1. The first-order valence-corrected chi connectivity index (χ1v) is 5.64. The van der Waals surface area contributed by atoms with Gasteiger partial charge in [0.2, 0.25) is 0 Å². The van der Waals surface area contributed by atoms with E-state index in [-0.39, 0.29) is 11.5 Å². The standard InChI is InChI=1S/C10H13N5/c11-8(12)14-9(13)15-10-5-2-1-3(5)7(10)4(1)6(2)10/h1-7H,(H6,11,12,13,14,15). The number of aliphatic imine (C=N–C) groups is 1. The summed E-state index contributed by atoms with van der Waals surface area (Å²) in [6.07, 6.45) is 0. The van der Waals surface area contributed by atoms with Crippen molar-refractivity contribution in [1.29, 1.82) is 5.41 Å². The third-order valence-corrected chi connectivity index (χ3v) is 6.00. The van der Waals surface area contributed by atoms with Gasteiger partial charge in [-0.05, 0) is 41.4 Å². The average molecular weight is 203 g/mol. The van der Waals surface area contributed by atoms with Gasteiger partial charge in [0.15, 0.2) is 11.9 Å². The first-order valence-electron chi connectivity index (χ1n) is 5.64. The summed E-state index contributed by atoms with van der Waals surface area (Å²) in [6.45, 7) is 0. The highest BCUT2D eigenvalue weighted by Crippen LogP contribution is 3.03. The Morgan fingerprint density at radius 1 is 1.07 bits per heavy atom. The fourth-order valence-electron chi connectivity index (χ4n) is 5.97. The molecule has 0 saturated heterocycles. The summed E-state index contributed by atoms with van der Waals surface area (Å²) in [5.74, 6) is 6.94. The van der Waals surface area contributed by atoms with Crippen molar-refractivity contribution in [3.8, 4) is 0 Å². The predicted octanol–water partition coefficient (Wildman–Crippen LogP) is -1.10. The number of nitrogens with two attached hydrogens (primary N) is 2. The molecular weight excluding hydrogens is 190 g/mol. The van der Waals surface area contributed by atoms with Crippen molar-refractivity contribution >= 4 is 11.9 Å². The van der Waals surface area contributed by atoms with Crippen molar-refractivity contribution in [3.05, 3.63) is 0 Å². The third-order valence-electron chi connectivity index (χ3n) is 6.00. The second-order valence-electron chi connectivity index (χ2n) is 5.81. The van der Waals surface area contributed by atoms with Crippen LogP contribution in [0.5, 0.6) is 0 Å². The van der Waals surface area contributed by atoms with E-state index >= 15 is 0 Å². The highest BCUT2D eigenvalue weighted by Gasteiger charge is 3.05. The minimum atomic E-state index is -0.117. The highest BCUT2D eigenvalue weighted by atomic mass is 15.3. The fourth-order valence-corrected chi connectivity index (χ4v) is 5.97. The van der Waals surface area contributed by atoms with Crippen molar-refractivity contribution in [3.63, 3.8) is 0 Å². The maximum absolute atomic E-state index is 7.10. The van der Waals surface area contributed by atoms with Crippen molar-refractivity contribution in [2.75, 3.05) is 0 Å². The average Bonchev–Trinajstić information content (AvgIpc) is 2.16. The van der Waals surface area contributed by atoms with Crippen molar-refractivity contribution in [1.82, 2.24) is 5.32 Å². The summed E-state index contributed by atoms with van der Waals surface area (Å²) < 4.78 is 0. The van der Waals surface area contributed by atoms with E-state index in [1.165, 1.54) is 0 Å². The molecule has 6 saturated carbocycles. The van der Waals surface area contributed by atoms with Gasteiger partial charge in [-0.15, -0.1) is 0 Å². The van der Waals surface area contributed by atoms with E-state index in [9.17, 15) is 0 Å². The topological polar surface area (TPSA) is 100 Å². The molecule has 6 N–H and O–H groups in total.